The van der Waals surface area contributed by atoms with Gasteiger partial charge in [0.2, 0.25) is 0 Å². The Hall–Kier alpha value is -1.15. The first kappa shape index (κ1) is 21.2. The fourth-order valence-electron chi connectivity index (χ4n) is 0.870. The molecular weight excluding hydrogens is 212 g/mol. The number of rotatable bonds is 3. The number of ketones is 1. The van der Waals surface area contributed by atoms with Gasteiger partial charge in [-0.1, -0.05) is 71.9 Å². The third kappa shape index (κ3) is 12.8. The molecule has 2 nitrogen and oxygen atoms in total. The number of Topliss-reactive ketones (excluding diaryl/α,β-unsaturated/α-hetero) is 1. The summed E-state index contributed by atoms with van der Waals surface area (Å²) in [4.78, 5) is 11.1. The molecule has 0 saturated heterocycles. The van der Waals surface area contributed by atoms with E-state index < -0.39 is 0 Å². The van der Waals surface area contributed by atoms with Gasteiger partial charge in [0.05, 0.1) is 6.61 Å². The summed E-state index contributed by atoms with van der Waals surface area (Å²) < 4.78 is 0. The second-order valence-corrected chi connectivity index (χ2v) is 2.26. The van der Waals surface area contributed by atoms with Gasteiger partial charge in [0.1, 0.15) is 0 Å². The average molecular weight is 240 g/mol. The summed E-state index contributed by atoms with van der Waals surface area (Å²) in [6.07, 6.45) is 0.212. The Morgan fingerprint density at radius 3 is 1.71 bits per heavy atom. The molecule has 1 N–H and O–H groups in total. The number of aliphatic hydroxyl groups excluding tert-OH is 1. The highest BCUT2D eigenvalue weighted by molar-refractivity contribution is 5.95. The van der Waals surface area contributed by atoms with E-state index in [1.54, 1.807) is 12.1 Å². The minimum absolute atomic E-state index is 0.00639. The van der Waals surface area contributed by atoms with E-state index in [1.807, 2.05) is 59.7 Å². The monoisotopic (exact) mass is 240 g/mol. The van der Waals surface area contributed by atoms with Gasteiger partial charge in [0.15, 0.2) is 5.78 Å². The molecule has 2 heteroatoms. The molecule has 0 unspecified atom stereocenters. The molecule has 0 aliphatic heterocycles. The van der Waals surface area contributed by atoms with Gasteiger partial charge in [-0.05, 0) is 0 Å². The summed E-state index contributed by atoms with van der Waals surface area (Å²) in [7, 11) is 0. The largest absolute Gasteiger partial charge is 0.396 e. The first-order chi connectivity index (χ1) is 8.34. The van der Waals surface area contributed by atoms with Gasteiger partial charge in [0, 0.05) is 12.0 Å². The highest BCUT2D eigenvalue weighted by Crippen LogP contribution is 2.01. The van der Waals surface area contributed by atoms with Crippen LogP contribution in [0.3, 0.4) is 0 Å². The number of benzene rings is 1. The first-order valence-corrected chi connectivity index (χ1v) is 6.53. The van der Waals surface area contributed by atoms with Crippen LogP contribution in [0.2, 0.25) is 0 Å². The SMILES string of the molecule is CC.CC.CC.O=C(CCO)c1ccccc1. The molecule has 0 fully saturated rings. The van der Waals surface area contributed by atoms with E-state index >= 15 is 0 Å². The van der Waals surface area contributed by atoms with Gasteiger partial charge in [-0.15, -0.1) is 0 Å². The van der Waals surface area contributed by atoms with Crippen LogP contribution in [0.25, 0.3) is 0 Å². The molecule has 0 saturated carbocycles. The smallest absolute Gasteiger partial charge is 0.165 e. The van der Waals surface area contributed by atoms with Crippen LogP contribution in [0, 0.1) is 0 Å². The van der Waals surface area contributed by atoms with Crippen molar-refractivity contribution in [3.05, 3.63) is 35.9 Å². The van der Waals surface area contributed by atoms with Crippen LogP contribution in [0.5, 0.6) is 0 Å². The Kier molecular flexibility index (Phi) is 25.3. The van der Waals surface area contributed by atoms with Crippen LogP contribution in [0.4, 0.5) is 0 Å². The lowest BCUT2D eigenvalue weighted by Crippen LogP contribution is -2.00. The van der Waals surface area contributed by atoms with Crippen molar-refractivity contribution < 1.29 is 9.90 Å². The molecule has 0 heterocycles. The molecular formula is C15H28O2. The number of hydrogen-bond donors (Lipinski definition) is 1. The van der Waals surface area contributed by atoms with Crippen LogP contribution in [0.1, 0.15) is 58.3 Å². The van der Waals surface area contributed by atoms with Gasteiger partial charge < -0.3 is 5.11 Å². The molecule has 1 aromatic rings. The van der Waals surface area contributed by atoms with Crippen molar-refractivity contribution in [2.75, 3.05) is 6.61 Å². The Labute approximate surface area is 107 Å². The minimum Gasteiger partial charge on any atom is -0.396 e. The van der Waals surface area contributed by atoms with Crippen molar-refractivity contribution >= 4 is 5.78 Å². The average Bonchev–Trinajstić information content (AvgIpc) is 2.46. The lowest BCUT2D eigenvalue weighted by molar-refractivity contribution is 0.0956. The van der Waals surface area contributed by atoms with Gasteiger partial charge in [-0.25, -0.2) is 0 Å². The van der Waals surface area contributed by atoms with Crippen LogP contribution >= 0.6 is 0 Å². The van der Waals surface area contributed by atoms with E-state index in [-0.39, 0.29) is 18.8 Å². The third-order valence-corrected chi connectivity index (χ3v) is 1.43. The van der Waals surface area contributed by atoms with E-state index in [4.69, 9.17) is 5.11 Å². The molecule has 0 bridgehead atoms. The van der Waals surface area contributed by atoms with E-state index in [2.05, 4.69) is 0 Å². The zero-order valence-electron chi connectivity index (χ0n) is 12.2. The minimum atomic E-state index is -0.0757. The van der Waals surface area contributed by atoms with Crippen molar-refractivity contribution in [2.45, 2.75) is 48.0 Å². The lowest BCUT2D eigenvalue weighted by atomic mass is 10.1. The lowest BCUT2D eigenvalue weighted by Gasteiger charge is -1.95. The van der Waals surface area contributed by atoms with Crippen molar-refractivity contribution in [3.8, 4) is 0 Å². The van der Waals surface area contributed by atoms with E-state index in [9.17, 15) is 4.79 Å². The summed E-state index contributed by atoms with van der Waals surface area (Å²) in [6, 6.07) is 8.97. The summed E-state index contributed by atoms with van der Waals surface area (Å²) >= 11 is 0. The molecule has 0 spiro atoms. The fourth-order valence-corrected chi connectivity index (χ4v) is 0.870. The van der Waals surface area contributed by atoms with Crippen molar-refractivity contribution in [3.63, 3.8) is 0 Å². The Balaban J connectivity index is -0.000000285. The van der Waals surface area contributed by atoms with Gasteiger partial charge in [0.25, 0.3) is 0 Å². The number of carbonyl (C=O) groups is 1. The zero-order chi connectivity index (χ0) is 14.1. The summed E-state index contributed by atoms with van der Waals surface area (Å²) in [5.74, 6) is -0.00639. The molecule has 0 aliphatic rings. The quantitative estimate of drug-likeness (QED) is 0.798. The number of hydrogen-bond acceptors (Lipinski definition) is 2. The van der Waals surface area contributed by atoms with Crippen LogP contribution in [-0.4, -0.2) is 17.5 Å². The Bertz CT molecular complexity index is 230. The maximum Gasteiger partial charge on any atom is 0.165 e. The predicted octanol–water partition coefficient (Wildman–Crippen LogP) is 4.33. The maximum atomic E-state index is 11.1. The second-order valence-electron chi connectivity index (χ2n) is 2.26. The zero-order valence-corrected chi connectivity index (χ0v) is 12.2. The van der Waals surface area contributed by atoms with Gasteiger partial charge in [-0.3, -0.25) is 4.79 Å². The first-order valence-electron chi connectivity index (χ1n) is 6.53. The standard InChI is InChI=1S/C9H10O2.3C2H6/c10-7-6-9(11)8-4-2-1-3-5-8;3*1-2/h1-5,10H,6-7H2;3*1-2H3. The molecule has 1 rings (SSSR count). The Morgan fingerprint density at radius 2 is 1.35 bits per heavy atom. The van der Waals surface area contributed by atoms with E-state index in [0.717, 1.165) is 0 Å². The molecule has 100 valence electrons. The number of aliphatic hydroxyl groups is 1. The number of carbonyl (C=O) groups excluding carboxylic acids is 1. The van der Waals surface area contributed by atoms with Crippen LogP contribution in [-0.2, 0) is 0 Å². The fraction of sp³-hybridized carbons (Fsp3) is 0.533. The van der Waals surface area contributed by atoms with Crippen LogP contribution in [0.15, 0.2) is 30.3 Å². The maximum absolute atomic E-state index is 11.1. The Morgan fingerprint density at radius 1 is 0.941 bits per heavy atom. The van der Waals surface area contributed by atoms with Crippen LogP contribution < -0.4 is 0 Å². The van der Waals surface area contributed by atoms with Gasteiger partial charge in [-0.2, -0.15) is 0 Å². The molecule has 17 heavy (non-hydrogen) atoms. The molecule has 0 atom stereocenters. The highest BCUT2D eigenvalue weighted by Gasteiger charge is 2.01. The van der Waals surface area contributed by atoms with Gasteiger partial charge >= 0.3 is 0 Å². The predicted molar refractivity (Wildman–Crippen MR) is 76.5 cm³/mol. The topological polar surface area (TPSA) is 37.3 Å². The van der Waals surface area contributed by atoms with Crippen molar-refractivity contribution in [1.82, 2.24) is 0 Å². The normalized spacial score (nSPS) is 7.24. The van der Waals surface area contributed by atoms with Crippen molar-refractivity contribution in [1.29, 1.82) is 0 Å². The summed E-state index contributed by atoms with van der Waals surface area (Å²) in [5, 5.41) is 8.48. The molecule has 0 aromatic heterocycles. The highest BCUT2D eigenvalue weighted by atomic mass is 16.3. The molecule has 1 aromatic carbocycles. The summed E-state index contributed by atoms with van der Waals surface area (Å²) in [6.45, 7) is 11.9. The summed E-state index contributed by atoms with van der Waals surface area (Å²) in [5.41, 5.74) is 0.668. The molecule has 0 radical (unpaired) electrons. The van der Waals surface area contributed by atoms with Crippen molar-refractivity contribution in [2.24, 2.45) is 0 Å². The van der Waals surface area contributed by atoms with E-state index in [1.165, 1.54) is 0 Å². The molecule has 0 aliphatic carbocycles. The molecule has 0 amide bonds. The third-order valence-electron chi connectivity index (χ3n) is 1.43. The van der Waals surface area contributed by atoms with E-state index in [0.29, 0.717) is 5.56 Å². The second kappa shape index (κ2) is 20.3.